The topological polar surface area (TPSA) is 3.24 Å². The molecule has 0 spiro atoms. The van der Waals surface area contributed by atoms with Crippen molar-refractivity contribution >= 4 is 0 Å². The van der Waals surface area contributed by atoms with Crippen molar-refractivity contribution in [1.82, 2.24) is 4.90 Å². The SMILES string of the molecule is C[C@@H]1CCCN(Cc2ccccc2)[C@H]1c1ccccc1. The van der Waals surface area contributed by atoms with Crippen molar-refractivity contribution in [2.75, 3.05) is 6.54 Å². The Morgan fingerprint density at radius 1 is 0.950 bits per heavy atom. The highest BCUT2D eigenvalue weighted by atomic mass is 15.2. The Morgan fingerprint density at radius 3 is 2.30 bits per heavy atom. The highest BCUT2D eigenvalue weighted by molar-refractivity contribution is 5.21. The third-order valence-corrected chi connectivity index (χ3v) is 4.41. The second-order valence-electron chi connectivity index (χ2n) is 5.93. The quantitative estimate of drug-likeness (QED) is 0.780. The smallest absolute Gasteiger partial charge is 0.0377 e. The fourth-order valence-corrected chi connectivity index (χ4v) is 3.46. The van der Waals surface area contributed by atoms with Gasteiger partial charge >= 0.3 is 0 Å². The lowest BCUT2D eigenvalue weighted by atomic mass is 9.86. The van der Waals surface area contributed by atoms with Gasteiger partial charge < -0.3 is 0 Å². The molecule has 1 heteroatoms. The van der Waals surface area contributed by atoms with Gasteiger partial charge in [0.15, 0.2) is 0 Å². The molecule has 1 heterocycles. The molecule has 2 aromatic carbocycles. The number of nitrogens with zero attached hydrogens (tertiary/aromatic N) is 1. The standard InChI is InChI=1S/C19H23N/c1-16-9-8-14-20(15-17-10-4-2-5-11-17)19(16)18-12-6-3-7-13-18/h2-7,10-13,16,19H,8-9,14-15H2,1H3/t16-,19-/m1/s1. The van der Waals surface area contributed by atoms with Crippen LogP contribution in [0.5, 0.6) is 0 Å². The molecule has 104 valence electrons. The molecular weight excluding hydrogens is 242 g/mol. The molecule has 0 unspecified atom stereocenters. The van der Waals surface area contributed by atoms with E-state index in [1.54, 1.807) is 0 Å². The summed E-state index contributed by atoms with van der Waals surface area (Å²) in [7, 11) is 0. The minimum absolute atomic E-state index is 0.560. The van der Waals surface area contributed by atoms with Crippen LogP contribution in [0, 0.1) is 5.92 Å². The zero-order valence-corrected chi connectivity index (χ0v) is 12.2. The van der Waals surface area contributed by atoms with E-state index in [1.807, 2.05) is 0 Å². The van der Waals surface area contributed by atoms with E-state index >= 15 is 0 Å². The molecule has 1 saturated heterocycles. The van der Waals surface area contributed by atoms with E-state index < -0.39 is 0 Å². The van der Waals surface area contributed by atoms with Gasteiger partial charge in [0.1, 0.15) is 0 Å². The Labute approximate surface area is 122 Å². The van der Waals surface area contributed by atoms with Gasteiger partial charge in [0.2, 0.25) is 0 Å². The molecule has 2 atom stereocenters. The van der Waals surface area contributed by atoms with Crippen LogP contribution in [-0.2, 0) is 6.54 Å². The van der Waals surface area contributed by atoms with Gasteiger partial charge in [0, 0.05) is 12.6 Å². The number of hydrogen-bond donors (Lipinski definition) is 0. The Hall–Kier alpha value is -1.60. The van der Waals surface area contributed by atoms with Crippen molar-refractivity contribution in [3.8, 4) is 0 Å². The first-order valence-electron chi connectivity index (χ1n) is 7.67. The monoisotopic (exact) mass is 265 g/mol. The lowest BCUT2D eigenvalue weighted by Gasteiger charge is -2.40. The maximum atomic E-state index is 2.65. The molecular formula is C19H23N. The van der Waals surface area contributed by atoms with Crippen LogP contribution in [0.25, 0.3) is 0 Å². The second kappa shape index (κ2) is 6.23. The van der Waals surface area contributed by atoms with Crippen LogP contribution in [-0.4, -0.2) is 11.4 Å². The minimum atomic E-state index is 0.560. The summed E-state index contributed by atoms with van der Waals surface area (Å²) in [6.45, 7) is 4.67. The normalized spacial score (nSPS) is 23.6. The Morgan fingerprint density at radius 2 is 1.60 bits per heavy atom. The number of piperidine rings is 1. The zero-order chi connectivity index (χ0) is 13.8. The summed E-state index contributed by atoms with van der Waals surface area (Å²) in [5.41, 5.74) is 2.89. The van der Waals surface area contributed by atoms with Gasteiger partial charge in [-0.1, -0.05) is 67.6 Å². The number of likely N-dealkylation sites (tertiary alicyclic amines) is 1. The Kier molecular flexibility index (Phi) is 4.17. The van der Waals surface area contributed by atoms with E-state index in [1.165, 1.54) is 30.5 Å². The maximum absolute atomic E-state index is 2.65. The lowest BCUT2D eigenvalue weighted by Crippen LogP contribution is -2.37. The first kappa shape index (κ1) is 13.4. The third kappa shape index (κ3) is 2.94. The molecule has 3 rings (SSSR count). The molecule has 1 aliphatic heterocycles. The first-order valence-corrected chi connectivity index (χ1v) is 7.67. The van der Waals surface area contributed by atoms with E-state index in [0.29, 0.717) is 6.04 Å². The largest absolute Gasteiger partial charge is 0.292 e. The first-order chi connectivity index (χ1) is 9.84. The molecule has 1 fully saturated rings. The van der Waals surface area contributed by atoms with Crippen LogP contribution < -0.4 is 0 Å². The third-order valence-electron chi connectivity index (χ3n) is 4.41. The highest BCUT2D eigenvalue weighted by Gasteiger charge is 2.29. The zero-order valence-electron chi connectivity index (χ0n) is 12.2. The lowest BCUT2D eigenvalue weighted by molar-refractivity contribution is 0.0935. The van der Waals surface area contributed by atoms with Crippen molar-refractivity contribution in [3.05, 3.63) is 71.8 Å². The average Bonchev–Trinajstić information content (AvgIpc) is 2.49. The highest BCUT2D eigenvalue weighted by Crippen LogP contribution is 2.36. The van der Waals surface area contributed by atoms with Gasteiger partial charge in [0.05, 0.1) is 0 Å². The van der Waals surface area contributed by atoms with Crippen molar-refractivity contribution in [1.29, 1.82) is 0 Å². The molecule has 0 N–H and O–H groups in total. The summed E-state index contributed by atoms with van der Waals surface area (Å²) in [6, 6.07) is 22.4. The van der Waals surface area contributed by atoms with Crippen LogP contribution in [0.15, 0.2) is 60.7 Å². The molecule has 0 aromatic heterocycles. The van der Waals surface area contributed by atoms with Gasteiger partial charge in [-0.2, -0.15) is 0 Å². The number of hydrogen-bond acceptors (Lipinski definition) is 1. The Balaban J connectivity index is 1.83. The molecule has 0 radical (unpaired) electrons. The molecule has 0 aliphatic carbocycles. The van der Waals surface area contributed by atoms with Gasteiger partial charge in [0.25, 0.3) is 0 Å². The number of rotatable bonds is 3. The summed E-state index contributed by atoms with van der Waals surface area (Å²) in [6.07, 6.45) is 2.65. The van der Waals surface area contributed by atoms with Crippen LogP contribution in [0.4, 0.5) is 0 Å². The summed E-state index contributed by atoms with van der Waals surface area (Å²) >= 11 is 0. The van der Waals surface area contributed by atoms with Crippen molar-refractivity contribution in [2.24, 2.45) is 5.92 Å². The number of benzene rings is 2. The molecule has 2 aromatic rings. The van der Waals surface area contributed by atoms with E-state index in [4.69, 9.17) is 0 Å². The molecule has 1 aliphatic rings. The van der Waals surface area contributed by atoms with Gasteiger partial charge in [-0.25, -0.2) is 0 Å². The van der Waals surface area contributed by atoms with Crippen molar-refractivity contribution in [3.63, 3.8) is 0 Å². The van der Waals surface area contributed by atoms with E-state index in [9.17, 15) is 0 Å². The Bertz CT molecular complexity index is 520. The van der Waals surface area contributed by atoms with Crippen molar-refractivity contribution in [2.45, 2.75) is 32.4 Å². The minimum Gasteiger partial charge on any atom is -0.292 e. The molecule has 0 bridgehead atoms. The summed E-state index contributed by atoms with van der Waals surface area (Å²) in [5, 5.41) is 0. The molecule has 20 heavy (non-hydrogen) atoms. The molecule has 1 nitrogen and oxygen atoms in total. The van der Waals surface area contributed by atoms with Crippen LogP contribution in [0.3, 0.4) is 0 Å². The second-order valence-corrected chi connectivity index (χ2v) is 5.93. The summed E-state index contributed by atoms with van der Waals surface area (Å²) in [5.74, 6) is 0.731. The van der Waals surface area contributed by atoms with Crippen LogP contribution in [0.2, 0.25) is 0 Å². The average molecular weight is 265 g/mol. The molecule has 0 amide bonds. The maximum Gasteiger partial charge on any atom is 0.0377 e. The van der Waals surface area contributed by atoms with E-state index in [0.717, 1.165) is 12.5 Å². The molecule has 0 saturated carbocycles. The predicted molar refractivity (Wildman–Crippen MR) is 84.4 cm³/mol. The van der Waals surface area contributed by atoms with Crippen LogP contribution in [0.1, 0.15) is 36.9 Å². The van der Waals surface area contributed by atoms with Gasteiger partial charge in [-0.15, -0.1) is 0 Å². The van der Waals surface area contributed by atoms with Gasteiger partial charge in [-0.3, -0.25) is 4.90 Å². The van der Waals surface area contributed by atoms with Crippen LogP contribution >= 0.6 is 0 Å². The van der Waals surface area contributed by atoms with Crippen molar-refractivity contribution < 1.29 is 0 Å². The van der Waals surface area contributed by atoms with Gasteiger partial charge in [-0.05, 0) is 36.4 Å². The predicted octanol–water partition coefficient (Wildman–Crippen LogP) is 4.66. The summed E-state index contributed by atoms with van der Waals surface area (Å²) in [4.78, 5) is 2.65. The summed E-state index contributed by atoms with van der Waals surface area (Å²) < 4.78 is 0. The fraction of sp³-hybridized carbons (Fsp3) is 0.368. The van der Waals surface area contributed by atoms with E-state index in [-0.39, 0.29) is 0 Å². The fourth-order valence-electron chi connectivity index (χ4n) is 3.46. The van der Waals surface area contributed by atoms with E-state index in [2.05, 4.69) is 72.5 Å².